The topological polar surface area (TPSA) is 204 Å². The Balaban J connectivity index is 0.610. The number of aliphatic hydroxyl groups is 1. The number of nitrogens with zero attached hydrogens (tertiary/aromatic N) is 10. The van der Waals surface area contributed by atoms with Gasteiger partial charge in [0.2, 0.25) is 11.8 Å². The maximum absolute atomic E-state index is 17.3. The third-order valence-corrected chi connectivity index (χ3v) is 19.6. The summed E-state index contributed by atoms with van der Waals surface area (Å²) in [7, 11) is 1.73. The molecule has 4 atom stereocenters. The lowest BCUT2D eigenvalue weighted by Gasteiger charge is -2.53. The van der Waals surface area contributed by atoms with Gasteiger partial charge in [-0.2, -0.15) is 9.97 Å². The average molecular weight is 1130 g/mol. The molecule has 3 N–H and O–H groups in total. The van der Waals surface area contributed by atoms with E-state index in [1.54, 1.807) is 24.6 Å². The number of β-amino-alcohol motifs (C(OH)–C–C–N with tert-alkyl or cyclic N) is 1. The molecule has 19 nitrogen and oxygen atoms in total. The number of fused-ring (bicyclic) bond motifs is 4. The van der Waals surface area contributed by atoms with Gasteiger partial charge in [-0.25, -0.2) is 18.4 Å². The Morgan fingerprint density at radius 1 is 0.866 bits per heavy atom. The summed E-state index contributed by atoms with van der Waals surface area (Å²) in [6.07, 6.45) is 11.1. The molecule has 3 aromatic carbocycles. The molecule has 21 heteroatoms. The standard InChI is InChI=1S/C61H73F2N11O8/c1-4-42-45(62)9-7-38-27-41(75)29-43(50(38)42)52-51(63)53-44(30-64-52)54(71-21-5-16-59(2,80)33-71)67-56(66-53)82-36-61-17-6-22-73(61)40(13-18-61)32-81-58(79)72-34-60(35-72)19-25-69(26-20-60)31-37-14-23-70(24-15-37)39-8-10-46-48(28-39)68(3)57(78)74(46)47-11-12-49(76)65-55(47)77/h7-10,27-30,37,40,47,75,80H,4-6,11-26,31-36H2,1-3H3,(H,65,76,77)/t40-,47?,59+,61-/m0/s1. The number of pyridine rings is 1. The number of hydrogen-bond acceptors (Lipinski definition) is 15. The van der Waals surface area contributed by atoms with Crippen LogP contribution in [-0.2, 0) is 27.8 Å². The van der Waals surface area contributed by atoms with Crippen molar-refractivity contribution in [1.82, 2.24) is 44.1 Å². The number of aromatic nitrogens is 5. The Morgan fingerprint density at radius 3 is 2.43 bits per heavy atom. The van der Waals surface area contributed by atoms with Gasteiger partial charge < -0.3 is 39.3 Å². The van der Waals surface area contributed by atoms with Gasteiger partial charge in [0.05, 0.1) is 27.6 Å². The largest absolute Gasteiger partial charge is 0.508 e. The highest BCUT2D eigenvalue weighted by molar-refractivity contribution is 6.02. The molecule has 0 bridgehead atoms. The van der Waals surface area contributed by atoms with Gasteiger partial charge >= 0.3 is 17.8 Å². The number of anilines is 2. The minimum absolute atomic E-state index is 0.00948. The van der Waals surface area contributed by atoms with Crippen molar-refractivity contribution in [3.8, 4) is 23.0 Å². The van der Waals surface area contributed by atoms with Crippen LogP contribution < -0.4 is 25.5 Å². The molecule has 0 aliphatic carbocycles. The van der Waals surface area contributed by atoms with E-state index in [1.807, 2.05) is 34.9 Å². The van der Waals surface area contributed by atoms with Gasteiger partial charge in [0.25, 0.3) is 0 Å². The van der Waals surface area contributed by atoms with E-state index in [1.165, 1.54) is 29.0 Å². The molecule has 3 amide bonds. The number of aryl methyl sites for hydroxylation is 2. The third-order valence-electron chi connectivity index (χ3n) is 19.6. The lowest BCUT2D eigenvalue weighted by Crippen LogP contribution is -2.62. The summed E-state index contributed by atoms with van der Waals surface area (Å²) >= 11 is 0. The highest BCUT2D eigenvalue weighted by atomic mass is 19.1. The predicted molar refractivity (Wildman–Crippen MR) is 305 cm³/mol. The maximum Gasteiger partial charge on any atom is 0.409 e. The number of nitrogens with one attached hydrogen (secondary N) is 1. The summed E-state index contributed by atoms with van der Waals surface area (Å²) in [6.45, 7) is 12.1. The molecule has 7 aliphatic rings. The number of amides is 3. The fourth-order valence-corrected chi connectivity index (χ4v) is 15.1. The first kappa shape index (κ1) is 54.3. The molecule has 3 aromatic heterocycles. The van der Waals surface area contributed by atoms with Gasteiger partial charge in [0.1, 0.15) is 47.9 Å². The number of phenols is 1. The normalized spacial score (nSPS) is 25.4. The zero-order valence-electron chi connectivity index (χ0n) is 47.1. The average Bonchev–Trinajstić information content (AvgIpc) is 4.28. The van der Waals surface area contributed by atoms with Crippen molar-refractivity contribution in [2.45, 2.75) is 121 Å². The quantitative estimate of drug-likeness (QED) is 0.104. The van der Waals surface area contributed by atoms with Crippen LogP contribution in [0.15, 0.2) is 53.5 Å². The number of imidazole rings is 1. The van der Waals surface area contributed by atoms with Crippen LogP contribution in [-0.4, -0.2) is 163 Å². The van der Waals surface area contributed by atoms with Crippen molar-refractivity contribution < 1.29 is 42.9 Å². The minimum Gasteiger partial charge on any atom is -0.508 e. The Morgan fingerprint density at radius 2 is 1.66 bits per heavy atom. The van der Waals surface area contributed by atoms with Crippen molar-refractivity contribution in [2.75, 3.05) is 88.5 Å². The summed E-state index contributed by atoms with van der Waals surface area (Å²) in [5.74, 6) is -1.06. The summed E-state index contributed by atoms with van der Waals surface area (Å²) in [4.78, 5) is 76.8. The fraction of sp³-hybridized carbons (Fsp3) is 0.557. The van der Waals surface area contributed by atoms with E-state index in [9.17, 15) is 29.4 Å². The van der Waals surface area contributed by atoms with E-state index in [0.717, 1.165) is 102 Å². The van der Waals surface area contributed by atoms with Crippen LogP contribution in [0.25, 0.3) is 44.0 Å². The number of likely N-dealkylation sites (tertiary alicyclic amines) is 2. The first-order valence-electron chi connectivity index (χ1n) is 29.6. The van der Waals surface area contributed by atoms with Crippen LogP contribution in [0.3, 0.4) is 0 Å². The second-order valence-electron chi connectivity index (χ2n) is 25.0. The molecule has 7 fully saturated rings. The Bertz CT molecular complexity index is 3580. The van der Waals surface area contributed by atoms with Gasteiger partial charge in [-0.15, -0.1) is 0 Å². The maximum atomic E-state index is 17.3. The number of carbonyl (C=O) groups is 3. The van der Waals surface area contributed by atoms with Gasteiger partial charge in [-0.1, -0.05) is 13.0 Å². The summed E-state index contributed by atoms with van der Waals surface area (Å²) in [6, 6.07) is 11.2. The van der Waals surface area contributed by atoms with E-state index in [-0.39, 0.29) is 89.4 Å². The lowest BCUT2D eigenvalue weighted by molar-refractivity contribution is -0.135. The molecule has 7 aliphatic heterocycles. The highest BCUT2D eigenvalue weighted by Gasteiger charge is 2.52. The van der Waals surface area contributed by atoms with Crippen molar-refractivity contribution in [1.29, 1.82) is 0 Å². The van der Waals surface area contributed by atoms with Crippen LogP contribution in [0, 0.1) is 23.0 Å². The fourth-order valence-electron chi connectivity index (χ4n) is 15.1. The van der Waals surface area contributed by atoms with E-state index in [2.05, 4.69) is 25.0 Å². The van der Waals surface area contributed by atoms with E-state index in [0.29, 0.717) is 84.3 Å². The van der Waals surface area contributed by atoms with E-state index in [4.69, 9.17) is 19.4 Å². The van der Waals surface area contributed by atoms with Gasteiger partial charge in [0.15, 0.2) is 5.82 Å². The first-order chi connectivity index (χ1) is 39.5. The zero-order chi connectivity index (χ0) is 56.8. The van der Waals surface area contributed by atoms with Crippen LogP contribution >= 0.6 is 0 Å². The zero-order valence-corrected chi connectivity index (χ0v) is 47.1. The van der Waals surface area contributed by atoms with Gasteiger partial charge in [-0.05, 0) is 162 Å². The van der Waals surface area contributed by atoms with Crippen molar-refractivity contribution in [3.63, 3.8) is 0 Å². The molecule has 0 radical (unpaired) electrons. The number of carbonyl (C=O) groups excluding carboxylic acids is 3. The molecule has 7 saturated heterocycles. The third kappa shape index (κ3) is 9.76. The van der Waals surface area contributed by atoms with Crippen LogP contribution in [0.5, 0.6) is 11.8 Å². The number of aromatic hydroxyl groups is 1. The number of rotatable bonds is 12. The molecular formula is C61H73F2N11O8. The Hall–Kier alpha value is -6.97. The second-order valence-corrected chi connectivity index (χ2v) is 25.0. The second kappa shape index (κ2) is 21.0. The SMILES string of the molecule is CCc1c(F)ccc2cc(O)cc(-c3ncc4c(N5CCC[C@@](C)(O)C5)nc(OC[C@@]56CCCN5[C@H](COC(=O)N5CC7(CCN(CC8CCN(c9ccc%10c(c9)n(C)c(=O)n%10C9CCC(=O)NC9=O)CC8)CC7)C5)CC6)nc4c3F)c12. The van der Waals surface area contributed by atoms with Crippen molar-refractivity contribution in [2.24, 2.45) is 18.4 Å². The van der Waals surface area contributed by atoms with Crippen LogP contribution in [0.4, 0.5) is 25.1 Å². The number of hydrogen-bond donors (Lipinski definition) is 3. The van der Waals surface area contributed by atoms with Crippen molar-refractivity contribution >= 4 is 62.1 Å². The van der Waals surface area contributed by atoms with Gasteiger partial charge in [0, 0.05) is 88.2 Å². The Labute approximate surface area is 474 Å². The number of piperidine rings is 4. The molecule has 82 heavy (non-hydrogen) atoms. The van der Waals surface area contributed by atoms with Gasteiger partial charge in [-0.3, -0.25) is 33.9 Å². The summed E-state index contributed by atoms with van der Waals surface area (Å²) in [5.41, 5.74) is 1.54. The number of halogens is 2. The lowest BCUT2D eigenvalue weighted by atomic mass is 9.72. The summed E-state index contributed by atoms with van der Waals surface area (Å²) in [5, 5.41) is 25.7. The molecular weight excluding hydrogens is 1050 g/mol. The molecule has 0 saturated carbocycles. The van der Waals surface area contributed by atoms with Crippen LogP contribution in [0.1, 0.15) is 103 Å². The summed E-state index contributed by atoms with van der Waals surface area (Å²) < 4.78 is 48.3. The smallest absolute Gasteiger partial charge is 0.409 e. The molecule has 434 valence electrons. The monoisotopic (exact) mass is 1130 g/mol. The molecule has 6 aromatic rings. The number of ether oxygens (including phenoxy) is 2. The van der Waals surface area contributed by atoms with Crippen molar-refractivity contribution in [3.05, 3.63) is 76.3 Å². The first-order valence-corrected chi connectivity index (χ1v) is 29.6. The number of benzene rings is 3. The number of phenolic OH excluding ortho intramolecular Hbond substituents is 1. The Kier molecular flexibility index (Phi) is 13.9. The predicted octanol–water partition coefficient (Wildman–Crippen LogP) is 7.20. The molecule has 10 heterocycles. The molecule has 1 unspecified atom stereocenters. The minimum atomic E-state index is -1.00. The van der Waals surface area contributed by atoms with Crippen LogP contribution in [0.2, 0.25) is 0 Å². The number of imide groups is 1. The van der Waals surface area contributed by atoms with E-state index >= 15 is 8.78 Å². The molecule has 1 spiro atoms. The highest BCUT2D eigenvalue weighted by Crippen LogP contribution is 2.46. The van der Waals surface area contributed by atoms with E-state index < -0.39 is 29.2 Å². The molecule has 13 rings (SSSR count).